The molecule has 0 fully saturated rings. The lowest BCUT2D eigenvalue weighted by molar-refractivity contribution is 0.463. The van der Waals surface area contributed by atoms with Crippen LogP contribution < -0.4 is 4.74 Å². The van der Waals surface area contributed by atoms with Gasteiger partial charge in [0.05, 0.1) is 28.3 Å². The van der Waals surface area contributed by atoms with Gasteiger partial charge in [-0.3, -0.25) is 14.1 Å². The molecular weight excluding hydrogens is 482 g/mol. The molecule has 39 heavy (non-hydrogen) atoms. The summed E-state index contributed by atoms with van der Waals surface area (Å²) >= 11 is 0. The van der Waals surface area contributed by atoms with Crippen LogP contribution in [0.25, 0.3) is 55.2 Å². The van der Waals surface area contributed by atoms with Gasteiger partial charge >= 0.3 is 0 Å². The van der Waals surface area contributed by atoms with Crippen molar-refractivity contribution in [2.24, 2.45) is 0 Å². The van der Waals surface area contributed by atoms with Crippen LogP contribution in [-0.2, 0) is 0 Å². The second-order valence-electron chi connectivity index (χ2n) is 9.40. The molecule has 0 amide bonds. The number of benzene rings is 3. The van der Waals surface area contributed by atoms with Gasteiger partial charge in [-0.05, 0) is 48.5 Å². The van der Waals surface area contributed by atoms with Crippen LogP contribution in [0.1, 0.15) is 0 Å². The van der Waals surface area contributed by atoms with Crippen LogP contribution in [-0.4, -0.2) is 24.1 Å². The maximum atomic E-state index is 6.36. The highest BCUT2D eigenvalue weighted by Gasteiger charge is 2.16. The van der Waals surface area contributed by atoms with Crippen molar-refractivity contribution in [3.8, 4) is 23.3 Å². The van der Waals surface area contributed by atoms with E-state index in [9.17, 15) is 0 Å². The Labute approximate surface area is 223 Å². The molecular formula is C33H21N5O. The molecule has 0 unspecified atom stereocenters. The second kappa shape index (κ2) is 8.53. The summed E-state index contributed by atoms with van der Waals surface area (Å²) in [5, 5.41) is 4.62. The Balaban J connectivity index is 1.25. The topological polar surface area (TPSA) is 57.8 Å². The number of pyridine rings is 3. The van der Waals surface area contributed by atoms with Crippen molar-refractivity contribution in [1.29, 1.82) is 0 Å². The number of aromatic nitrogens is 5. The molecule has 3 aromatic carbocycles. The fourth-order valence-corrected chi connectivity index (χ4v) is 5.52. The van der Waals surface area contributed by atoms with Gasteiger partial charge in [-0.2, -0.15) is 4.98 Å². The third-order valence-corrected chi connectivity index (χ3v) is 7.16. The van der Waals surface area contributed by atoms with Gasteiger partial charge in [0.2, 0.25) is 5.88 Å². The minimum Gasteiger partial charge on any atom is -0.439 e. The van der Waals surface area contributed by atoms with E-state index in [4.69, 9.17) is 9.72 Å². The Morgan fingerprint density at radius 1 is 0.513 bits per heavy atom. The lowest BCUT2D eigenvalue weighted by atomic mass is 10.2. The molecule has 0 spiro atoms. The molecule has 5 aromatic heterocycles. The highest BCUT2D eigenvalue weighted by atomic mass is 16.5. The average Bonchev–Trinajstić information content (AvgIpc) is 3.50. The van der Waals surface area contributed by atoms with E-state index in [1.165, 1.54) is 10.8 Å². The van der Waals surface area contributed by atoms with Crippen molar-refractivity contribution in [1.82, 2.24) is 24.1 Å². The van der Waals surface area contributed by atoms with Crippen molar-refractivity contribution in [3.63, 3.8) is 0 Å². The van der Waals surface area contributed by atoms with Crippen LogP contribution in [0, 0.1) is 0 Å². The molecule has 8 rings (SSSR count). The Bertz CT molecular complexity index is 2110. The van der Waals surface area contributed by atoms with Gasteiger partial charge in [-0.15, -0.1) is 0 Å². The Hall–Kier alpha value is -5.49. The van der Waals surface area contributed by atoms with E-state index < -0.39 is 0 Å². The first-order valence-corrected chi connectivity index (χ1v) is 12.8. The Morgan fingerprint density at radius 2 is 1.21 bits per heavy atom. The molecule has 0 N–H and O–H groups in total. The van der Waals surface area contributed by atoms with Crippen LogP contribution in [0.3, 0.4) is 0 Å². The molecule has 5 heterocycles. The summed E-state index contributed by atoms with van der Waals surface area (Å²) in [7, 11) is 0. The quantitative estimate of drug-likeness (QED) is 0.245. The number of ether oxygens (including phenoxy) is 1. The summed E-state index contributed by atoms with van der Waals surface area (Å²) in [6.45, 7) is 0. The first-order chi connectivity index (χ1) is 19.3. The third-order valence-electron chi connectivity index (χ3n) is 7.16. The number of para-hydroxylation sites is 2. The predicted octanol–water partition coefficient (Wildman–Crippen LogP) is 7.86. The maximum absolute atomic E-state index is 6.36. The van der Waals surface area contributed by atoms with Gasteiger partial charge in [0, 0.05) is 46.1 Å². The largest absolute Gasteiger partial charge is 0.439 e. The minimum atomic E-state index is 0.524. The number of nitrogens with zero attached hydrogens (tertiary/aromatic N) is 5. The molecule has 8 aromatic rings. The summed E-state index contributed by atoms with van der Waals surface area (Å²) in [5.41, 5.74) is 4.21. The first kappa shape index (κ1) is 21.6. The third kappa shape index (κ3) is 3.39. The van der Waals surface area contributed by atoms with Crippen LogP contribution >= 0.6 is 0 Å². The van der Waals surface area contributed by atoms with Gasteiger partial charge in [-0.1, -0.05) is 48.5 Å². The van der Waals surface area contributed by atoms with Crippen molar-refractivity contribution in [3.05, 3.63) is 128 Å². The lowest BCUT2D eigenvalue weighted by Crippen LogP contribution is -1.99. The van der Waals surface area contributed by atoms with Crippen molar-refractivity contribution < 1.29 is 4.74 Å². The van der Waals surface area contributed by atoms with E-state index in [0.717, 1.165) is 44.5 Å². The minimum absolute atomic E-state index is 0.524. The van der Waals surface area contributed by atoms with E-state index in [-0.39, 0.29) is 0 Å². The van der Waals surface area contributed by atoms with E-state index in [1.807, 2.05) is 67.0 Å². The number of fused-ring (bicyclic) bond motifs is 6. The number of hydrogen-bond acceptors (Lipinski definition) is 4. The van der Waals surface area contributed by atoms with E-state index in [0.29, 0.717) is 11.6 Å². The number of hydrogen-bond donors (Lipinski definition) is 0. The zero-order valence-corrected chi connectivity index (χ0v) is 20.8. The van der Waals surface area contributed by atoms with Gasteiger partial charge < -0.3 is 4.74 Å². The van der Waals surface area contributed by atoms with Crippen LogP contribution in [0.4, 0.5) is 0 Å². The van der Waals surface area contributed by atoms with Crippen molar-refractivity contribution >= 4 is 43.6 Å². The molecule has 0 saturated carbocycles. The average molecular weight is 504 g/mol. The van der Waals surface area contributed by atoms with Crippen molar-refractivity contribution in [2.45, 2.75) is 0 Å². The van der Waals surface area contributed by atoms with E-state index in [1.54, 1.807) is 6.20 Å². The molecule has 6 nitrogen and oxygen atoms in total. The summed E-state index contributed by atoms with van der Waals surface area (Å²) < 4.78 is 10.7. The van der Waals surface area contributed by atoms with E-state index >= 15 is 0 Å². The maximum Gasteiger partial charge on any atom is 0.221 e. The van der Waals surface area contributed by atoms with Gasteiger partial charge in [-0.25, -0.2) is 4.98 Å². The molecule has 6 heteroatoms. The molecule has 0 atom stereocenters. The summed E-state index contributed by atoms with van der Waals surface area (Å²) in [5.74, 6) is 2.85. The smallest absolute Gasteiger partial charge is 0.221 e. The molecule has 0 aliphatic heterocycles. The van der Waals surface area contributed by atoms with Gasteiger partial charge in [0.25, 0.3) is 0 Å². The molecule has 0 bridgehead atoms. The summed E-state index contributed by atoms with van der Waals surface area (Å²) in [6, 6.07) is 36.8. The Morgan fingerprint density at radius 3 is 2.00 bits per heavy atom. The standard InChI is InChI=1S/C33H21N5O/c1-3-10-27-23(8-1)24-9-2-4-11-28(24)37(27)32-13-7-14-33(36-32)39-22-15-16-25-26-17-19-34-21-30(26)38(29(25)20-22)31-12-5-6-18-35-31/h1-21H. The van der Waals surface area contributed by atoms with Crippen LogP contribution in [0.5, 0.6) is 11.6 Å². The Kier molecular flexibility index (Phi) is 4.72. The zero-order chi connectivity index (χ0) is 25.8. The van der Waals surface area contributed by atoms with Gasteiger partial charge in [0.1, 0.15) is 17.4 Å². The SMILES string of the molecule is c1ccc(-n2c3cnccc3c3ccc(Oc4cccc(-n5c6ccccc6c6ccccc65)n4)cc32)nc1. The van der Waals surface area contributed by atoms with E-state index in [2.05, 4.69) is 73.7 Å². The summed E-state index contributed by atoms with van der Waals surface area (Å²) in [4.78, 5) is 13.9. The number of rotatable bonds is 4. The second-order valence-corrected chi connectivity index (χ2v) is 9.40. The highest BCUT2D eigenvalue weighted by Crippen LogP contribution is 2.35. The lowest BCUT2D eigenvalue weighted by Gasteiger charge is -2.11. The normalized spacial score (nSPS) is 11.6. The zero-order valence-electron chi connectivity index (χ0n) is 20.8. The van der Waals surface area contributed by atoms with Crippen LogP contribution in [0.2, 0.25) is 0 Å². The van der Waals surface area contributed by atoms with Crippen molar-refractivity contribution in [2.75, 3.05) is 0 Å². The highest BCUT2D eigenvalue weighted by molar-refractivity contribution is 6.10. The fraction of sp³-hybridized carbons (Fsp3) is 0. The molecule has 0 aliphatic carbocycles. The van der Waals surface area contributed by atoms with Gasteiger partial charge in [0.15, 0.2) is 0 Å². The monoisotopic (exact) mass is 503 g/mol. The fourth-order valence-electron chi connectivity index (χ4n) is 5.52. The molecule has 0 aliphatic rings. The van der Waals surface area contributed by atoms with Crippen LogP contribution in [0.15, 0.2) is 128 Å². The molecule has 0 radical (unpaired) electrons. The first-order valence-electron chi connectivity index (χ1n) is 12.8. The summed E-state index contributed by atoms with van der Waals surface area (Å²) in [6.07, 6.45) is 5.49. The molecule has 184 valence electrons. The predicted molar refractivity (Wildman–Crippen MR) is 155 cm³/mol. The molecule has 0 saturated heterocycles.